The number of nitrogens with zero attached hydrogens (tertiary/aromatic N) is 3. The van der Waals surface area contributed by atoms with Crippen molar-refractivity contribution in [1.82, 2.24) is 14.8 Å². The monoisotopic (exact) mass is 453 g/mol. The number of anilines is 2. The molecule has 3 heterocycles. The zero-order valence-corrected chi connectivity index (χ0v) is 18.4. The van der Waals surface area contributed by atoms with Gasteiger partial charge in [-0.25, -0.2) is 18.3 Å². The van der Waals surface area contributed by atoms with Crippen LogP contribution < -0.4 is 10.6 Å². The first-order chi connectivity index (χ1) is 14.8. The van der Waals surface area contributed by atoms with Crippen molar-refractivity contribution in [2.24, 2.45) is 5.92 Å². The Morgan fingerprint density at radius 1 is 1.39 bits per heavy atom. The van der Waals surface area contributed by atoms with Crippen molar-refractivity contribution in [3.05, 3.63) is 21.8 Å². The quantitative estimate of drug-likeness (QED) is 0.667. The number of hydrogen-bond acceptors (Lipinski definition) is 7. The van der Waals surface area contributed by atoms with E-state index in [1.54, 1.807) is 13.8 Å². The number of alkyl halides is 2. The molecule has 2 aromatic heterocycles. The van der Waals surface area contributed by atoms with E-state index in [0.717, 1.165) is 34.4 Å². The summed E-state index contributed by atoms with van der Waals surface area (Å²) in [5.41, 5.74) is 1.30. The van der Waals surface area contributed by atoms with Crippen LogP contribution in [-0.4, -0.2) is 45.7 Å². The minimum atomic E-state index is -2.62. The fraction of sp³-hybridized carbons (Fsp3) is 0.600. The van der Waals surface area contributed by atoms with Gasteiger partial charge in [0.1, 0.15) is 11.0 Å². The maximum atomic E-state index is 13.4. The van der Waals surface area contributed by atoms with Gasteiger partial charge in [0, 0.05) is 10.9 Å². The molecule has 0 fully saturated rings. The van der Waals surface area contributed by atoms with Gasteiger partial charge in [0.05, 0.1) is 12.2 Å². The highest BCUT2D eigenvalue weighted by atomic mass is 32.1. The zero-order chi connectivity index (χ0) is 22.3. The molecule has 2 N–H and O–H groups in total. The van der Waals surface area contributed by atoms with Gasteiger partial charge in [0.15, 0.2) is 0 Å². The van der Waals surface area contributed by atoms with Crippen LogP contribution in [0.1, 0.15) is 71.1 Å². The number of rotatable bonds is 5. The summed E-state index contributed by atoms with van der Waals surface area (Å²) in [5, 5.41) is 10.1. The number of ether oxygens (including phenoxy) is 1. The van der Waals surface area contributed by atoms with Crippen LogP contribution in [0.25, 0.3) is 0 Å². The summed E-state index contributed by atoms with van der Waals surface area (Å²) in [6, 6.07) is -1.36. The summed E-state index contributed by atoms with van der Waals surface area (Å²) in [7, 11) is 0. The van der Waals surface area contributed by atoms with Gasteiger partial charge >= 0.3 is 5.97 Å². The highest BCUT2D eigenvalue weighted by Gasteiger charge is 2.35. The lowest BCUT2D eigenvalue weighted by molar-refractivity contribution is 0.0526. The fourth-order valence-electron chi connectivity index (χ4n) is 4.12. The average Bonchev–Trinajstić information content (AvgIpc) is 3.27. The third kappa shape index (κ3) is 4.15. The number of fused-ring (bicyclic) bond motifs is 2. The molecule has 11 heteroatoms. The highest BCUT2D eigenvalue weighted by molar-refractivity contribution is 7.17. The molecule has 0 bridgehead atoms. The zero-order valence-electron chi connectivity index (χ0n) is 17.6. The predicted molar refractivity (Wildman–Crippen MR) is 112 cm³/mol. The lowest BCUT2D eigenvalue weighted by Gasteiger charge is -2.28. The van der Waals surface area contributed by atoms with Crippen molar-refractivity contribution in [2.75, 3.05) is 17.2 Å². The van der Waals surface area contributed by atoms with Gasteiger partial charge in [-0.2, -0.15) is 4.98 Å². The average molecular weight is 454 g/mol. The number of carbonyl (C=O) groups excluding carboxylic acids is 2. The summed E-state index contributed by atoms with van der Waals surface area (Å²) in [4.78, 5) is 30.7. The Morgan fingerprint density at radius 3 is 2.87 bits per heavy atom. The molecule has 8 nitrogen and oxygen atoms in total. The van der Waals surface area contributed by atoms with E-state index in [9.17, 15) is 18.4 Å². The van der Waals surface area contributed by atoms with Gasteiger partial charge in [-0.1, -0.05) is 6.92 Å². The van der Waals surface area contributed by atoms with Gasteiger partial charge in [-0.3, -0.25) is 4.79 Å². The minimum Gasteiger partial charge on any atom is -0.462 e. The van der Waals surface area contributed by atoms with E-state index in [2.05, 4.69) is 27.6 Å². The third-order valence-corrected chi connectivity index (χ3v) is 6.80. The minimum absolute atomic E-state index is 0.138. The van der Waals surface area contributed by atoms with E-state index in [-0.39, 0.29) is 30.8 Å². The molecular weight excluding hydrogens is 428 g/mol. The van der Waals surface area contributed by atoms with Crippen LogP contribution >= 0.6 is 11.3 Å². The summed E-state index contributed by atoms with van der Waals surface area (Å²) < 4.78 is 33.2. The molecule has 0 saturated heterocycles. The van der Waals surface area contributed by atoms with Crippen molar-refractivity contribution in [3.8, 4) is 0 Å². The van der Waals surface area contributed by atoms with Crippen molar-refractivity contribution in [2.45, 2.75) is 65.0 Å². The Balaban J connectivity index is 1.64. The number of hydrogen-bond donors (Lipinski definition) is 2. The molecule has 31 heavy (non-hydrogen) atoms. The first-order valence-corrected chi connectivity index (χ1v) is 11.2. The number of amides is 1. The highest BCUT2D eigenvalue weighted by Crippen LogP contribution is 2.40. The summed E-state index contributed by atoms with van der Waals surface area (Å²) in [6.45, 7) is 5.87. The molecule has 2 aromatic rings. The van der Waals surface area contributed by atoms with Gasteiger partial charge in [-0.05, 0) is 51.0 Å². The van der Waals surface area contributed by atoms with Gasteiger partial charge in [0.25, 0.3) is 12.3 Å². The number of thiophene rings is 1. The normalized spacial score (nSPS) is 22.5. The van der Waals surface area contributed by atoms with Crippen molar-refractivity contribution in [3.63, 3.8) is 0 Å². The molecular formula is C20H25F2N5O3S. The molecule has 1 amide bonds. The Kier molecular flexibility index (Phi) is 5.96. The smallest absolute Gasteiger partial charge is 0.341 e. The second kappa shape index (κ2) is 8.52. The first-order valence-electron chi connectivity index (χ1n) is 10.4. The van der Waals surface area contributed by atoms with Crippen molar-refractivity contribution < 1.29 is 23.1 Å². The standard InChI is InChI=1S/C20H25F2N5O3S/c1-4-30-19(29)14-11-6-5-9(2)7-13(11)31-18(14)25-17(28)16-24-20-23-10(3)8-12(15(21)22)27(20)26-16/h9-10,12,15H,4-8H2,1-3H3,(H,25,28)(H,23,24,26)/t9-,10+,12+/m1/s1. The fourth-order valence-corrected chi connectivity index (χ4v) is 5.51. The molecule has 0 radical (unpaired) electrons. The Labute approximate surface area is 182 Å². The molecule has 0 spiro atoms. The molecule has 4 rings (SSSR count). The Hall–Kier alpha value is -2.56. The predicted octanol–water partition coefficient (Wildman–Crippen LogP) is 3.90. The van der Waals surface area contributed by atoms with Crippen molar-refractivity contribution >= 4 is 34.2 Å². The van der Waals surface area contributed by atoms with E-state index in [4.69, 9.17) is 4.74 Å². The lowest BCUT2D eigenvalue weighted by atomic mass is 9.88. The van der Waals surface area contributed by atoms with E-state index < -0.39 is 24.3 Å². The van der Waals surface area contributed by atoms with Crippen LogP contribution in [0.4, 0.5) is 19.7 Å². The second-order valence-corrected chi connectivity index (χ2v) is 9.22. The number of esters is 1. The van der Waals surface area contributed by atoms with Gasteiger partial charge in [-0.15, -0.1) is 16.4 Å². The van der Waals surface area contributed by atoms with Crippen LogP contribution in [0.5, 0.6) is 0 Å². The van der Waals surface area contributed by atoms with Crippen LogP contribution in [0, 0.1) is 5.92 Å². The largest absolute Gasteiger partial charge is 0.462 e. The summed E-state index contributed by atoms with van der Waals surface area (Å²) >= 11 is 1.35. The second-order valence-electron chi connectivity index (χ2n) is 8.12. The van der Waals surface area contributed by atoms with Gasteiger partial charge in [0.2, 0.25) is 11.8 Å². The maximum absolute atomic E-state index is 13.4. The third-order valence-electron chi connectivity index (χ3n) is 5.63. The SMILES string of the molecule is CCOC(=O)c1c(NC(=O)c2nc3n(n2)[C@H](C(F)F)C[C@H](C)N3)sc2c1CC[C@@H](C)C2. The molecule has 0 saturated carbocycles. The lowest BCUT2D eigenvalue weighted by Crippen LogP contribution is -2.33. The molecule has 2 aliphatic rings. The number of carbonyl (C=O) groups is 2. The number of halogens is 2. The molecule has 1 aliphatic heterocycles. The molecule has 168 valence electrons. The Morgan fingerprint density at radius 2 is 2.16 bits per heavy atom. The number of aromatic nitrogens is 3. The van der Waals surface area contributed by atoms with E-state index >= 15 is 0 Å². The topological polar surface area (TPSA) is 98.1 Å². The summed E-state index contributed by atoms with van der Waals surface area (Å²) in [5.74, 6) is -0.724. The van der Waals surface area contributed by atoms with Crippen molar-refractivity contribution in [1.29, 1.82) is 0 Å². The Bertz CT molecular complexity index is 1010. The molecule has 3 atom stereocenters. The molecule has 1 aliphatic carbocycles. The van der Waals surface area contributed by atoms with E-state index in [1.165, 1.54) is 11.3 Å². The molecule has 0 aromatic carbocycles. The summed E-state index contributed by atoms with van der Waals surface area (Å²) in [6.07, 6.45) is 0.0842. The maximum Gasteiger partial charge on any atom is 0.341 e. The van der Waals surface area contributed by atoms with Gasteiger partial charge < -0.3 is 15.4 Å². The van der Waals surface area contributed by atoms with E-state index in [0.29, 0.717) is 16.5 Å². The first kappa shape index (κ1) is 21.7. The van der Waals surface area contributed by atoms with E-state index in [1.807, 2.05) is 0 Å². The van der Waals surface area contributed by atoms with Crippen LogP contribution in [0.15, 0.2) is 0 Å². The molecule has 0 unspecified atom stereocenters. The van der Waals surface area contributed by atoms with Crippen LogP contribution in [-0.2, 0) is 17.6 Å². The van der Waals surface area contributed by atoms with Crippen LogP contribution in [0.3, 0.4) is 0 Å². The van der Waals surface area contributed by atoms with Crippen LogP contribution in [0.2, 0.25) is 0 Å². The number of nitrogens with one attached hydrogen (secondary N) is 2.